The van der Waals surface area contributed by atoms with E-state index in [4.69, 9.17) is 4.74 Å². The quantitative estimate of drug-likeness (QED) is 0.646. The number of nitrogens with zero attached hydrogens (tertiary/aromatic N) is 1. The van der Waals surface area contributed by atoms with E-state index in [9.17, 15) is 10.1 Å². The van der Waals surface area contributed by atoms with E-state index in [1.165, 1.54) is 23.3 Å². The van der Waals surface area contributed by atoms with Crippen LogP contribution in [0, 0.1) is 17.0 Å². The molecule has 1 aromatic carbocycles. The molecule has 0 aliphatic heterocycles. The highest BCUT2D eigenvalue weighted by Gasteiger charge is 2.10. The number of nitro groups is 1. The molecule has 0 spiro atoms. The minimum absolute atomic E-state index is 0.0282. The lowest BCUT2D eigenvalue weighted by molar-refractivity contribution is -0.384. The van der Waals surface area contributed by atoms with E-state index in [-0.39, 0.29) is 5.69 Å². The van der Waals surface area contributed by atoms with Crippen molar-refractivity contribution in [2.75, 3.05) is 11.9 Å². The monoisotopic (exact) mass is 292 g/mol. The maximum atomic E-state index is 10.9. The zero-order valence-electron chi connectivity index (χ0n) is 11.4. The molecule has 1 N–H and O–H groups in total. The van der Waals surface area contributed by atoms with Gasteiger partial charge in [0.2, 0.25) is 0 Å². The molecular weight excluding hydrogens is 276 g/mol. The smallest absolute Gasteiger partial charge is 0.275 e. The number of non-ortho nitro benzene ring substituents is 1. The summed E-state index contributed by atoms with van der Waals surface area (Å²) >= 11 is 1.65. The summed E-state index contributed by atoms with van der Waals surface area (Å²) in [4.78, 5) is 10.5. The fraction of sp³-hybridized carbons (Fsp3) is 0.286. The van der Waals surface area contributed by atoms with E-state index >= 15 is 0 Å². The van der Waals surface area contributed by atoms with Crippen LogP contribution in [0.1, 0.15) is 18.1 Å². The Morgan fingerprint density at radius 1 is 1.35 bits per heavy atom. The third-order valence-electron chi connectivity index (χ3n) is 2.86. The van der Waals surface area contributed by atoms with E-state index in [0.717, 1.165) is 0 Å². The van der Waals surface area contributed by atoms with Crippen LogP contribution in [-0.4, -0.2) is 11.5 Å². The van der Waals surface area contributed by atoms with Gasteiger partial charge in [0.15, 0.2) is 0 Å². The number of aryl methyl sites for hydroxylation is 1. The second-order valence-electron chi connectivity index (χ2n) is 4.34. The topological polar surface area (TPSA) is 64.4 Å². The number of benzene rings is 1. The van der Waals surface area contributed by atoms with Gasteiger partial charge < -0.3 is 10.1 Å². The second kappa shape index (κ2) is 6.38. The summed E-state index contributed by atoms with van der Waals surface area (Å²) in [5, 5.41) is 18.3. The summed E-state index contributed by atoms with van der Waals surface area (Å²) in [6, 6.07) is 4.73. The van der Waals surface area contributed by atoms with Gasteiger partial charge in [0.05, 0.1) is 17.6 Å². The Bertz CT molecular complexity index is 610. The van der Waals surface area contributed by atoms with E-state index in [0.29, 0.717) is 24.6 Å². The number of nitro benzene ring substituents is 1. The first-order valence-corrected chi connectivity index (χ1v) is 7.22. The molecule has 0 saturated heterocycles. The Kier molecular flexibility index (Phi) is 4.57. The van der Waals surface area contributed by atoms with Crippen LogP contribution in [-0.2, 0) is 6.54 Å². The molecule has 0 saturated carbocycles. The van der Waals surface area contributed by atoms with Gasteiger partial charge in [-0.25, -0.2) is 0 Å². The summed E-state index contributed by atoms with van der Waals surface area (Å²) in [7, 11) is 0. The van der Waals surface area contributed by atoms with Gasteiger partial charge in [-0.3, -0.25) is 10.1 Å². The van der Waals surface area contributed by atoms with E-state index < -0.39 is 4.92 Å². The Labute approximate surface area is 121 Å². The Balaban J connectivity index is 2.17. The highest BCUT2D eigenvalue weighted by atomic mass is 32.1. The van der Waals surface area contributed by atoms with Crippen molar-refractivity contribution < 1.29 is 9.66 Å². The maximum absolute atomic E-state index is 10.9. The average molecular weight is 292 g/mol. The summed E-state index contributed by atoms with van der Waals surface area (Å²) < 4.78 is 5.36. The van der Waals surface area contributed by atoms with Crippen LogP contribution in [0.25, 0.3) is 0 Å². The Hall–Kier alpha value is -2.08. The SMILES string of the molecule is CCOc1cc(NCc2cscc2C)cc([N+](=O)[O-])c1. The maximum Gasteiger partial charge on any atom is 0.275 e. The van der Waals surface area contributed by atoms with Gasteiger partial charge >= 0.3 is 0 Å². The van der Waals surface area contributed by atoms with Gasteiger partial charge in [-0.05, 0) is 35.7 Å². The van der Waals surface area contributed by atoms with Crippen molar-refractivity contribution in [1.82, 2.24) is 0 Å². The number of anilines is 1. The predicted octanol–water partition coefficient (Wildman–Crippen LogP) is 3.98. The largest absolute Gasteiger partial charge is 0.494 e. The fourth-order valence-electron chi connectivity index (χ4n) is 1.81. The number of nitrogens with one attached hydrogen (secondary N) is 1. The number of thiophene rings is 1. The standard InChI is InChI=1S/C14H16N2O3S/c1-3-19-14-5-12(4-13(6-14)16(17)18)15-7-11-9-20-8-10(11)2/h4-6,8-9,15H,3,7H2,1-2H3. The van der Waals surface area contributed by atoms with Gasteiger partial charge in [-0.1, -0.05) is 0 Å². The highest BCUT2D eigenvalue weighted by molar-refractivity contribution is 7.08. The van der Waals surface area contributed by atoms with Crippen LogP contribution in [0.5, 0.6) is 5.75 Å². The second-order valence-corrected chi connectivity index (χ2v) is 5.08. The number of rotatable bonds is 6. The Morgan fingerprint density at radius 3 is 2.75 bits per heavy atom. The molecule has 20 heavy (non-hydrogen) atoms. The molecule has 2 rings (SSSR count). The molecule has 1 heterocycles. The molecule has 0 bridgehead atoms. The van der Waals surface area contributed by atoms with Crippen molar-refractivity contribution in [2.45, 2.75) is 20.4 Å². The first-order valence-electron chi connectivity index (χ1n) is 6.28. The van der Waals surface area contributed by atoms with Crippen LogP contribution in [0.4, 0.5) is 11.4 Å². The van der Waals surface area contributed by atoms with E-state index in [1.54, 1.807) is 17.4 Å². The van der Waals surface area contributed by atoms with Gasteiger partial charge in [0.25, 0.3) is 5.69 Å². The van der Waals surface area contributed by atoms with Crippen molar-refractivity contribution >= 4 is 22.7 Å². The normalized spacial score (nSPS) is 10.3. The zero-order valence-corrected chi connectivity index (χ0v) is 12.2. The molecule has 1 aromatic heterocycles. The average Bonchev–Trinajstić information content (AvgIpc) is 2.82. The van der Waals surface area contributed by atoms with Gasteiger partial charge in [0, 0.05) is 24.4 Å². The minimum atomic E-state index is -0.413. The first-order chi connectivity index (χ1) is 9.60. The molecular formula is C14H16N2O3S. The molecule has 2 aromatic rings. The predicted molar refractivity (Wildman–Crippen MR) is 80.6 cm³/mol. The molecule has 0 radical (unpaired) electrons. The van der Waals surface area contributed by atoms with Crippen molar-refractivity contribution in [2.24, 2.45) is 0 Å². The van der Waals surface area contributed by atoms with E-state index in [2.05, 4.69) is 16.1 Å². The lowest BCUT2D eigenvalue weighted by Crippen LogP contribution is -2.01. The summed E-state index contributed by atoms with van der Waals surface area (Å²) in [5.41, 5.74) is 3.13. The molecule has 106 valence electrons. The van der Waals surface area contributed by atoms with Crippen molar-refractivity contribution in [3.63, 3.8) is 0 Å². The van der Waals surface area contributed by atoms with Crippen molar-refractivity contribution in [3.8, 4) is 5.75 Å². The number of ether oxygens (including phenoxy) is 1. The molecule has 0 fully saturated rings. The van der Waals surface area contributed by atoms with Gasteiger partial charge in [-0.2, -0.15) is 11.3 Å². The highest BCUT2D eigenvalue weighted by Crippen LogP contribution is 2.27. The molecule has 0 unspecified atom stereocenters. The molecule has 0 aliphatic rings. The zero-order chi connectivity index (χ0) is 14.5. The molecule has 0 amide bonds. The molecule has 6 heteroatoms. The fourth-order valence-corrected chi connectivity index (χ4v) is 2.66. The van der Waals surface area contributed by atoms with Crippen LogP contribution >= 0.6 is 11.3 Å². The minimum Gasteiger partial charge on any atom is -0.494 e. The molecule has 0 aliphatic carbocycles. The van der Waals surface area contributed by atoms with Crippen LogP contribution < -0.4 is 10.1 Å². The van der Waals surface area contributed by atoms with Gasteiger partial charge in [-0.15, -0.1) is 0 Å². The summed E-state index contributed by atoms with van der Waals surface area (Å²) in [5.74, 6) is 0.506. The number of hydrogen-bond acceptors (Lipinski definition) is 5. The van der Waals surface area contributed by atoms with Crippen LogP contribution in [0.3, 0.4) is 0 Å². The van der Waals surface area contributed by atoms with Gasteiger partial charge in [0.1, 0.15) is 5.75 Å². The lowest BCUT2D eigenvalue weighted by Gasteiger charge is -2.09. The van der Waals surface area contributed by atoms with Crippen molar-refractivity contribution in [1.29, 1.82) is 0 Å². The Morgan fingerprint density at radius 2 is 2.15 bits per heavy atom. The summed E-state index contributed by atoms with van der Waals surface area (Å²) in [6.45, 7) is 5.01. The third kappa shape index (κ3) is 3.48. The number of hydrogen-bond donors (Lipinski definition) is 1. The van der Waals surface area contributed by atoms with Crippen LogP contribution in [0.15, 0.2) is 29.0 Å². The van der Waals surface area contributed by atoms with E-state index in [1.807, 2.05) is 13.8 Å². The molecule has 5 nitrogen and oxygen atoms in total. The summed E-state index contributed by atoms with van der Waals surface area (Å²) in [6.07, 6.45) is 0. The lowest BCUT2D eigenvalue weighted by atomic mass is 10.2. The molecule has 0 atom stereocenters. The van der Waals surface area contributed by atoms with Crippen LogP contribution in [0.2, 0.25) is 0 Å². The third-order valence-corrected chi connectivity index (χ3v) is 3.77. The first kappa shape index (κ1) is 14.3. The van der Waals surface area contributed by atoms with Crippen molar-refractivity contribution in [3.05, 3.63) is 50.2 Å².